The first-order valence-corrected chi connectivity index (χ1v) is 12.4. The predicted molar refractivity (Wildman–Crippen MR) is 144 cm³/mol. The molecule has 204 valence electrons. The van der Waals surface area contributed by atoms with E-state index in [1.807, 2.05) is 58.9 Å². The molecule has 0 radical (unpaired) electrons. The highest BCUT2D eigenvalue weighted by molar-refractivity contribution is 5.96. The SMILES string of the molecule is COCCCN(CC(=O)Nc1cc(C(C)(C)C)nn1-c1ccc(C)cc1C)C(=O)Nc1ccc(F)c(F)c1. The van der Waals surface area contributed by atoms with Crippen LogP contribution in [0, 0.1) is 25.5 Å². The van der Waals surface area contributed by atoms with Gasteiger partial charge in [0, 0.05) is 43.5 Å². The Morgan fingerprint density at radius 1 is 1.03 bits per heavy atom. The van der Waals surface area contributed by atoms with Crippen molar-refractivity contribution in [2.75, 3.05) is 37.4 Å². The molecule has 2 aromatic carbocycles. The second kappa shape index (κ2) is 12.2. The normalized spacial score (nSPS) is 11.4. The maximum atomic E-state index is 13.6. The molecule has 10 heteroatoms. The maximum Gasteiger partial charge on any atom is 0.322 e. The zero-order valence-corrected chi connectivity index (χ0v) is 22.7. The monoisotopic (exact) mass is 527 g/mol. The average molecular weight is 528 g/mol. The minimum absolute atomic E-state index is 0.0776. The van der Waals surface area contributed by atoms with Gasteiger partial charge in [-0.15, -0.1) is 0 Å². The van der Waals surface area contributed by atoms with Crippen LogP contribution in [-0.4, -0.2) is 53.4 Å². The van der Waals surface area contributed by atoms with Crippen LogP contribution < -0.4 is 10.6 Å². The molecule has 0 aliphatic carbocycles. The number of anilines is 2. The second-order valence-corrected chi connectivity index (χ2v) is 10.2. The fraction of sp³-hybridized carbons (Fsp3) is 0.393. The van der Waals surface area contributed by atoms with Crippen molar-refractivity contribution in [3.8, 4) is 5.69 Å². The number of ether oxygens (including phenoxy) is 1. The quantitative estimate of drug-likeness (QED) is 0.356. The van der Waals surface area contributed by atoms with Crippen molar-refractivity contribution in [2.45, 2.75) is 46.5 Å². The highest BCUT2D eigenvalue weighted by Crippen LogP contribution is 2.28. The molecule has 3 amide bonds. The molecule has 0 aliphatic heterocycles. The van der Waals surface area contributed by atoms with Crippen LogP contribution in [0.15, 0.2) is 42.5 Å². The molecule has 0 atom stereocenters. The van der Waals surface area contributed by atoms with E-state index in [4.69, 9.17) is 9.84 Å². The Morgan fingerprint density at radius 2 is 1.76 bits per heavy atom. The Bertz CT molecular complexity index is 1300. The van der Waals surface area contributed by atoms with Gasteiger partial charge in [-0.3, -0.25) is 4.79 Å². The smallest absolute Gasteiger partial charge is 0.322 e. The summed E-state index contributed by atoms with van der Waals surface area (Å²) in [5.74, 6) is -2.06. The van der Waals surface area contributed by atoms with Crippen LogP contribution in [0.25, 0.3) is 5.69 Å². The van der Waals surface area contributed by atoms with Crippen LogP contribution in [0.1, 0.15) is 44.0 Å². The molecule has 2 N–H and O–H groups in total. The number of urea groups is 1. The molecule has 1 heterocycles. The first-order chi connectivity index (χ1) is 17.9. The van der Waals surface area contributed by atoms with Crippen molar-refractivity contribution >= 4 is 23.4 Å². The van der Waals surface area contributed by atoms with Gasteiger partial charge in [0.1, 0.15) is 12.4 Å². The van der Waals surface area contributed by atoms with Crippen LogP contribution in [0.5, 0.6) is 0 Å². The molecule has 0 saturated heterocycles. The first kappa shape index (κ1) is 28.8. The number of aryl methyl sites for hydroxylation is 2. The lowest BCUT2D eigenvalue weighted by Gasteiger charge is -2.23. The number of methoxy groups -OCH3 is 1. The third-order valence-electron chi connectivity index (χ3n) is 5.89. The summed E-state index contributed by atoms with van der Waals surface area (Å²) in [7, 11) is 1.54. The van der Waals surface area contributed by atoms with Crippen molar-refractivity contribution in [1.82, 2.24) is 14.7 Å². The zero-order chi connectivity index (χ0) is 28.0. The second-order valence-electron chi connectivity index (χ2n) is 10.2. The average Bonchev–Trinajstić information content (AvgIpc) is 3.24. The summed E-state index contributed by atoms with van der Waals surface area (Å²) >= 11 is 0. The minimum Gasteiger partial charge on any atom is -0.385 e. The summed E-state index contributed by atoms with van der Waals surface area (Å²) in [6.07, 6.45) is 0.476. The molecular weight excluding hydrogens is 492 g/mol. The number of nitrogens with one attached hydrogen (secondary N) is 2. The number of hydrogen-bond donors (Lipinski definition) is 2. The fourth-order valence-electron chi connectivity index (χ4n) is 3.85. The van der Waals surface area contributed by atoms with Crippen LogP contribution in [-0.2, 0) is 14.9 Å². The van der Waals surface area contributed by atoms with Gasteiger partial charge in [-0.2, -0.15) is 5.10 Å². The molecule has 0 spiro atoms. The van der Waals surface area contributed by atoms with E-state index in [0.717, 1.165) is 34.6 Å². The Hall–Kier alpha value is -3.79. The number of carbonyl (C=O) groups excluding carboxylic acids is 2. The molecular formula is C28H35F2N5O3. The first-order valence-electron chi connectivity index (χ1n) is 12.4. The van der Waals surface area contributed by atoms with Gasteiger partial charge in [-0.05, 0) is 44.0 Å². The third kappa shape index (κ3) is 7.38. The summed E-state index contributed by atoms with van der Waals surface area (Å²) < 4.78 is 33.7. The van der Waals surface area contributed by atoms with Crippen LogP contribution in [0.3, 0.4) is 0 Å². The molecule has 0 unspecified atom stereocenters. The Morgan fingerprint density at radius 3 is 2.39 bits per heavy atom. The Labute approximate surface area is 222 Å². The van der Waals surface area contributed by atoms with Gasteiger partial charge in [-0.1, -0.05) is 38.5 Å². The molecule has 0 aliphatic rings. The van der Waals surface area contributed by atoms with E-state index in [-0.39, 0.29) is 24.2 Å². The van der Waals surface area contributed by atoms with Gasteiger partial charge in [0.25, 0.3) is 0 Å². The molecule has 3 rings (SSSR count). The standard InChI is InChI=1S/C28H35F2N5O3/c1-18-8-11-23(19(2)14-18)35-25(16-24(33-35)28(3,4)5)32-26(36)17-34(12-7-13-38-6)27(37)31-20-9-10-21(29)22(30)15-20/h8-11,14-16H,7,12-13,17H2,1-6H3,(H,31,37)(H,32,36). The highest BCUT2D eigenvalue weighted by atomic mass is 19.2. The lowest BCUT2D eigenvalue weighted by atomic mass is 9.92. The number of amides is 3. The van der Waals surface area contributed by atoms with Gasteiger partial charge in [-0.25, -0.2) is 18.3 Å². The molecule has 8 nitrogen and oxygen atoms in total. The van der Waals surface area contributed by atoms with Gasteiger partial charge in [0.15, 0.2) is 11.6 Å². The van der Waals surface area contributed by atoms with Crippen molar-refractivity contribution in [2.24, 2.45) is 0 Å². The Balaban J connectivity index is 1.84. The topological polar surface area (TPSA) is 88.5 Å². The van der Waals surface area contributed by atoms with Crippen LogP contribution >= 0.6 is 0 Å². The lowest BCUT2D eigenvalue weighted by molar-refractivity contribution is -0.116. The minimum atomic E-state index is -1.08. The summed E-state index contributed by atoms with van der Waals surface area (Å²) in [5.41, 5.74) is 3.54. The highest BCUT2D eigenvalue weighted by Gasteiger charge is 2.24. The summed E-state index contributed by atoms with van der Waals surface area (Å²) in [6, 6.07) is 10.2. The van der Waals surface area contributed by atoms with E-state index in [2.05, 4.69) is 10.6 Å². The van der Waals surface area contributed by atoms with E-state index in [0.29, 0.717) is 18.8 Å². The largest absolute Gasteiger partial charge is 0.385 e. The zero-order valence-electron chi connectivity index (χ0n) is 22.7. The van der Waals surface area contributed by atoms with E-state index in [9.17, 15) is 18.4 Å². The number of nitrogens with zero attached hydrogens (tertiary/aromatic N) is 3. The summed E-state index contributed by atoms with van der Waals surface area (Å²) in [5, 5.41) is 10.2. The van der Waals surface area contributed by atoms with E-state index < -0.39 is 23.6 Å². The number of benzene rings is 2. The van der Waals surface area contributed by atoms with Gasteiger partial charge in [0.2, 0.25) is 5.91 Å². The lowest BCUT2D eigenvalue weighted by Crippen LogP contribution is -2.41. The van der Waals surface area contributed by atoms with E-state index in [1.54, 1.807) is 11.8 Å². The van der Waals surface area contributed by atoms with Crippen molar-refractivity contribution in [1.29, 1.82) is 0 Å². The number of halogens is 2. The number of hydrogen-bond acceptors (Lipinski definition) is 4. The number of carbonyl (C=O) groups is 2. The van der Waals surface area contributed by atoms with Crippen LogP contribution in [0.4, 0.5) is 25.1 Å². The summed E-state index contributed by atoms with van der Waals surface area (Å²) in [6.45, 7) is 10.4. The van der Waals surface area contributed by atoms with E-state index >= 15 is 0 Å². The summed E-state index contributed by atoms with van der Waals surface area (Å²) in [4.78, 5) is 27.4. The molecule has 38 heavy (non-hydrogen) atoms. The molecule has 3 aromatic rings. The van der Waals surface area contributed by atoms with Gasteiger partial charge in [0.05, 0.1) is 11.4 Å². The van der Waals surface area contributed by atoms with Crippen molar-refractivity contribution in [3.63, 3.8) is 0 Å². The number of rotatable bonds is 9. The maximum absolute atomic E-state index is 13.6. The fourth-order valence-corrected chi connectivity index (χ4v) is 3.85. The van der Waals surface area contributed by atoms with Crippen LogP contribution in [0.2, 0.25) is 0 Å². The van der Waals surface area contributed by atoms with Gasteiger partial charge < -0.3 is 20.3 Å². The third-order valence-corrected chi connectivity index (χ3v) is 5.89. The van der Waals surface area contributed by atoms with Crippen molar-refractivity contribution < 1.29 is 23.1 Å². The Kier molecular flexibility index (Phi) is 9.22. The van der Waals surface area contributed by atoms with Gasteiger partial charge >= 0.3 is 6.03 Å². The molecule has 0 bridgehead atoms. The molecule has 0 saturated carbocycles. The molecule has 0 fully saturated rings. The predicted octanol–water partition coefficient (Wildman–Crippen LogP) is 5.57. The van der Waals surface area contributed by atoms with E-state index in [1.165, 1.54) is 11.0 Å². The number of aromatic nitrogens is 2. The molecule has 1 aromatic heterocycles. The van der Waals surface area contributed by atoms with Crippen molar-refractivity contribution in [3.05, 3.63) is 70.9 Å².